The number of hydrogen-bond acceptors (Lipinski definition) is 3. The number of likely N-dealkylation sites (N-methyl/N-ethyl adjacent to an activating group) is 1. The molecule has 1 rings (SSSR count). The van der Waals surface area contributed by atoms with Crippen molar-refractivity contribution in [2.45, 2.75) is 13.8 Å². The van der Waals surface area contributed by atoms with E-state index in [1.165, 1.54) is 0 Å². The van der Waals surface area contributed by atoms with Gasteiger partial charge in [0.05, 0.1) is 5.56 Å². The fourth-order valence-corrected chi connectivity index (χ4v) is 1.64. The largest absolute Gasteiger partial charge is 0.385 e. The Morgan fingerprint density at radius 1 is 1.28 bits per heavy atom. The molecule has 0 aliphatic rings. The summed E-state index contributed by atoms with van der Waals surface area (Å²) in [4.78, 5) is 14.2. The van der Waals surface area contributed by atoms with Crippen LogP contribution in [0.25, 0.3) is 0 Å². The third kappa shape index (κ3) is 4.37. The Kier molecular flexibility index (Phi) is 6.22. The number of carbonyl (C=O) groups is 1. The molecular weight excluding hydrogens is 226 g/mol. The summed E-state index contributed by atoms with van der Waals surface area (Å²) in [6.45, 7) is 7.45. The van der Waals surface area contributed by atoms with Gasteiger partial charge >= 0.3 is 0 Å². The summed E-state index contributed by atoms with van der Waals surface area (Å²) >= 11 is 0. The summed E-state index contributed by atoms with van der Waals surface area (Å²) in [5.41, 5.74) is 1.60. The molecule has 100 valence electrons. The number of nitrogens with zero attached hydrogens (tertiary/aromatic N) is 1. The predicted molar refractivity (Wildman–Crippen MR) is 76.1 cm³/mol. The average Bonchev–Trinajstić information content (AvgIpc) is 2.39. The first kappa shape index (κ1) is 14.5. The summed E-state index contributed by atoms with van der Waals surface area (Å²) in [6.07, 6.45) is 0. The van der Waals surface area contributed by atoms with Gasteiger partial charge in [0.1, 0.15) is 0 Å². The van der Waals surface area contributed by atoms with Crippen molar-refractivity contribution in [3.8, 4) is 0 Å². The number of anilines is 1. The third-order valence-corrected chi connectivity index (χ3v) is 2.86. The van der Waals surface area contributed by atoms with Crippen LogP contribution in [-0.2, 0) is 0 Å². The van der Waals surface area contributed by atoms with Crippen LogP contribution in [0.5, 0.6) is 0 Å². The van der Waals surface area contributed by atoms with Gasteiger partial charge in [0.25, 0.3) is 5.91 Å². The number of rotatable bonds is 7. The van der Waals surface area contributed by atoms with E-state index in [2.05, 4.69) is 22.5 Å². The van der Waals surface area contributed by atoms with Crippen molar-refractivity contribution in [3.05, 3.63) is 29.8 Å². The van der Waals surface area contributed by atoms with Gasteiger partial charge in [-0.1, -0.05) is 19.1 Å². The lowest BCUT2D eigenvalue weighted by Gasteiger charge is -2.15. The molecule has 0 spiro atoms. The maximum Gasteiger partial charge on any atom is 0.253 e. The molecule has 0 saturated carbocycles. The second-order valence-electron chi connectivity index (χ2n) is 4.23. The fraction of sp³-hybridized carbons (Fsp3) is 0.500. The van der Waals surface area contributed by atoms with Gasteiger partial charge in [0, 0.05) is 25.3 Å². The highest BCUT2D eigenvalue weighted by Crippen LogP contribution is 2.14. The summed E-state index contributed by atoms with van der Waals surface area (Å²) < 4.78 is 0. The van der Waals surface area contributed by atoms with Crippen LogP contribution < -0.4 is 10.6 Å². The van der Waals surface area contributed by atoms with E-state index in [9.17, 15) is 4.79 Å². The van der Waals surface area contributed by atoms with Crippen LogP contribution in [-0.4, -0.2) is 44.0 Å². The Morgan fingerprint density at radius 2 is 2.00 bits per heavy atom. The zero-order chi connectivity index (χ0) is 13.4. The number of amides is 1. The van der Waals surface area contributed by atoms with Gasteiger partial charge in [-0.15, -0.1) is 0 Å². The van der Waals surface area contributed by atoms with E-state index in [1.807, 2.05) is 38.2 Å². The number of hydrogen-bond donors (Lipinski definition) is 2. The number of nitrogens with one attached hydrogen (secondary N) is 2. The maximum atomic E-state index is 12.0. The summed E-state index contributed by atoms with van der Waals surface area (Å²) in [5.74, 6) is -0.0175. The lowest BCUT2D eigenvalue weighted by molar-refractivity contribution is 0.0951. The van der Waals surface area contributed by atoms with E-state index in [0.717, 1.165) is 25.3 Å². The van der Waals surface area contributed by atoms with Crippen molar-refractivity contribution in [1.29, 1.82) is 0 Å². The first-order valence-corrected chi connectivity index (χ1v) is 6.48. The second-order valence-corrected chi connectivity index (χ2v) is 4.23. The number of carbonyl (C=O) groups excluding carboxylic acids is 1. The lowest BCUT2D eigenvalue weighted by Crippen LogP contribution is -2.33. The highest BCUT2D eigenvalue weighted by atomic mass is 16.1. The first-order chi connectivity index (χ1) is 8.69. The van der Waals surface area contributed by atoms with Gasteiger partial charge in [-0.2, -0.15) is 0 Å². The molecule has 1 amide bonds. The molecule has 1 aromatic rings. The van der Waals surface area contributed by atoms with Crippen LogP contribution in [0.15, 0.2) is 24.3 Å². The Hall–Kier alpha value is -1.55. The first-order valence-electron chi connectivity index (χ1n) is 6.48. The average molecular weight is 249 g/mol. The maximum absolute atomic E-state index is 12.0. The fourth-order valence-electron chi connectivity index (χ4n) is 1.64. The smallest absolute Gasteiger partial charge is 0.253 e. The van der Waals surface area contributed by atoms with Crippen molar-refractivity contribution in [3.63, 3.8) is 0 Å². The van der Waals surface area contributed by atoms with Crippen molar-refractivity contribution >= 4 is 11.6 Å². The Labute approximate surface area is 109 Å². The van der Waals surface area contributed by atoms with Gasteiger partial charge in [-0.05, 0) is 32.6 Å². The molecule has 0 radical (unpaired) electrons. The lowest BCUT2D eigenvalue weighted by atomic mass is 10.1. The molecule has 18 heavy (non-hydrogen) atoms. The van der Waals surface area contributed by atoms with Gasteiger partial charge in [0.2, 0.25) is 0 Å². The van der Waals surface area contributed by atoms with Crippen LogP contribution in [0, 0.1) is 0 Å². The molecule has 0 aliphatic carbocycles. The monoisotopic (exact) mass is 249 g/mol. The quantitative estimate of drug-likeness (QED) is 0.774. The van der Waals surface area contributed by atoms with Crippen molar-refractivity contribution in [1.82, 2.24) is 10.2 Å². The standard InChI is InChI=1S/C14H23N3O/c1-4-15-13-9-7-6-8-12(13)14(18)16-10-11-17(3)5-2/h6-9,15H,4-5,10-11H2,1-3H3,(H,16,18). The minimum absolute atomic E-state index is 0.0175. The number of benzene rings is 1. The molecule has 2 N–H and O–H groups in total. The molecule has 0 unspecified atom stereocenters. The van der Waals surface area contributed by atoms with Crippen LogP contribution >= 0.6 is 0 Å². The summed E-state index contributed by atoms with van der Waals surface area (Å²) in [6, 6.07) is 7.58. The minimum Gasteiger partial charge on any atom is -0.385 e. The minimum atomic E-state index is -0.0175. The van der Waals surface area contributed by atoms with E-state index in [4.69, 9.17) is 0 Å². The molecule has 0 bridgehead atoms. The molecular formula is C14H23N3O. The normalized spacial score (nSPS) is 10.4. The van der Waals surface area contributed by atoms with E-state index in [0.29, 0.717) is 12.1 Å². The third-order valence-electron chi connectivity index (χ3n) is 2.86. The SMILES string of the molecule is CCNc1ccccc1C(=O)NCCN(C)CC. The molecule has 0 aliphatic heterocycles. The summed E-state index contributed by atoms with van der Waals surface area (Å²) in [7, 11) is 2.04. The van der Waals surface area contributed by atoms with Gasteiger partial charge in [-0.3, -0.25) is 4.79 Å². The van der Waals surface area contributed by atoms with Gasteiger partial charge in [0.15, 0.2) is 0 Å². The van der Waals surface area contributed by atoms with Crippen molar-refractivity contribution in [2.24, 2.45) is 0 Å². The molecule has 0 fully saturated rings. The van der Waals surface area contributed by atoms with E-state index >= 15 is 0 Å². The molecule has 4 nitrogen and oxygen atoms in total. The molecule has 0 saturated heterocycles. The molecule has 0 atom stereocenters. The highest BCUT2D eigenvalue weighted by molar-refractivity contribution is 5.99. The highest BCUT2D eigenvalue weighted by Gasteiger charge is 2.09. The number of para-hydroxylation sites is 1. The van der Waals surface area contributed by atoms with Gasteiger partial charge < -0.3 is 15.5 Å². The zero-order valence-corrected chi connectivity index (χ0v) is 11.5. The van der Waals surface area contributed by atoms with Crippen molar-refractivity contribution < 1.29 is 4.79 Å². The van der Waals surface area contributed by atoms with E-state index in [-0.39, 0.29) is 5.91 Å². The van der Waals surface area contributed by atoms with E-state index in [1.54, 1.807) is 0 Å². The van der Waals surface area contributed by atoms with Crippen LogP contribution in [0.2, 0.25) is 0 Å². The molecule has 0 aromatic heterocycles. The Balaban J connectivity index is 2.55. The molecule has 4 heteroatoms. The van der Waals surface area contributed by atoms with Crippen LogP contribution in [0.3, 0.4) is 0 Å². The zero-order valence-electron chi connectivity index (χ0n) is 11.5. The second kappa shape index (κ2) is 7.71. The summed E-state index contributed by atoms with van der Waals surface area (Å²) in [5, 5.41) is 6.14. The predicted octanol–water partition coefficient (Wildman–Crippen LogP) is 1.80. The van der Waals surface area contributed by atoms with Crippen LogP contribution in [0.4, 0.5) is 5.69 Å². The Morgan fingerprint density at radius 3 is 2.67 bits per heavy atom. The molecule has 0 heterocycles. The molecule has 1 aromatic carbocycles. The van der Waals surface area contributed by atoms with Crippen molar-refractivity contribution in [2.75, 3.05) is 38.5 Å². The van der Waals surface area contributed by atoms with Gasteiger partial charge in [-0.25, -0.2) is 0 Å². The van der Waals surface area contributed by atoms with E-state index < -0.39 is 0 Å². The topological polar surface area (TPSA) is 44.4 Å². The van der Waals surface area contributed by atoms with Crippen LogP contribution in [0.1, 0.15) is 24.2 Å². The Bertz CT molecular complexity index is 379.